The summed E-state index contributed by atoms with van der Waals surface area (Å²) in [7, 11) is 1.28. The van der Waals surface area contributed by atoms with Gasteiger partial charge in [0, 0.05) is 4.47 Å². The van der Waals surface area contributed by atoms with Crippen LogP contribution in [-0.2, 0) is 9.53 Å². The van der Waals surface area contributed by atoms with E-state index in [0.717, 1.165) is 4.47 Å². The number of carbonyl (C=O) groups is 1. The van der Waals surface area contributed by atoms with Crippen molar-refractivity contribution in [2.45, 2.75) is 0 Å². The maximum Gasteiger partial charge on any atom is 0.343 e. The number of halogens is 1. The van der Waals surface area contributed by atoms with Gasteiger partial charge in [0.2, 0.25) is 0 Å². The van der Waals surface area contributed by atoms with E-state index >= 15 is 0 Å². The molecule has 0 aliphatic heterocycles. The number of rotatable bonds is 3. The molecule has 0 radical (unpaired) electrons. The molecule has 15 heavy (non-hydrogen) atoms. The zero-order chi connectivity index (χ0) is 11.3. The summed E-state index contributed by atoms with van der Waals surface area (Å²) in [5, 5.41) is 8.77. The molecule has 0 bridgehead atoms. The molecule has 0 aliphatic carbocycles. The maximum absolute atomic E-state index is 10.8. The van der Waals surface area contributed by atoms with Crippen LogP contribution in [0.25, 0.3) is 0 Å². The molecular weight excluding hydrogens is 262 g/mol. The van der Waals surface area contributed by atoms with Crippen LogP contribution < -0.4 is 4.74 Å². The third-order valence-corrected chi connectivity index (χ3v) is 2.13. The molecule has 0 saturated carbocycles. The highest BCUT2D eigenvalue weighted by Gasteiger charge is 2.07. The monoisotopic (exact) mass is 269 g/mol. The summed E-state index contributed by atoms with van der Waals surface area (Å²) in [6.07, 6.45) is 0. The second-order valence-corrected chi connectivity index (χ2v) is 3.53. The van der Waals surface area contributed by atoms with Gasteiger partial charge >= 0.3 is 5.97 Å². The van der Waals surface area contributed by atoms with E-state index in [1.807, 2.05) is 6.07 Å². The first-order valence-electron chi connectivity index (χ1n) is 4.06. The number of hydrogen-bond donors (Lipinski definition) is 0. The number of benzene rings is 1. The van der Waals surface area contributed by atoms with Crippen molar-refractivity contribution in [3.8, 4) is 11.8 Å². The summed E-state index contributed by atoms with van der Waals surface area (Å²) in [6.45, 7) is -0.207. The van der Waals surface area contributed by atoms with Crippen LogP contribution in [0.5, 0.6) is 5.75 Å². The molecule has 0 saturated heterocycles. The molecule has 0 spiro atoms. The summed E-state index contributed by atoms with van der Waals surface area (Å²) in [4.78, 5) is 10.8. The Kier molecular flexibility index (Phi) is 4.13. The van der Waals surface area contributed by atoms with Crippen molar-refractivity contribution >= 4 is 21.9 Å². The first kappa shape index (κ1) is 11.5. The first-order chi connectivity index (χ1) is 7.17. The van der Waals surface area contributed by atoms with E-state index in [-0.39, 0.29) is 6.61 Å². The highest BCUT2D eigenvalue weighted by Crippen LogP contribution is 2.22. The second kappa shape index (κ2) is 5.37. The molecule has 0 aliphatic rings. The summed E-state index contributed by atoms with van der Waals surface area (Å²) in [5.41, 5.74) is 0.377. The molecule has 0 fully saturated rings. The summed E-state index contributed by atoms with van der Waals surface area (Å²) >= 11 is 3.24. The largest absolute Gasteiger partial charge is 0.480 e. The van der Waals surface area contributed by atoms with Crippen molar-refractivity contribution in [1.82, 2.24) is 0 Å². The molecule has 5 heteroatoms. The molecule has 0 unspecified atom stereocenters. The number of hydrogen-bond acceptors (Lipinski definition) is 4. The molecule has 4 nitrogen and oxygen atoms in total. The van der Waals surface area contributed by atoms with E-state index in [9.17, 15) is 4.79 Å². The van der Waals surface area contributed by atoms with E-state index in [0.29, 0.717) is 11.3 Å². The minimum absolute atomic E-state index is 0.207. The fraction of sp³-hybridized carbons (Fsp3) is 0.200. The van der Waals surface area contributed by atoms with E-state index in [4.69, 9.17) is 10.00 Å². The Morgan fingerprint density at radius 3 is 2.93 bits per heavy atom. The van der Waals surface area contributed by atoms with Gasteiger partial charge in [-0.1, -0.05) is 15.9 Å². The van der Waals surface area contributed by atoms with Crippen molar-refractivity contribution < 1.29 is 14.3 Å². The van der Waals surface area contributed by atoms with Crippen LogP contribution in [0.2, 0.25) is 0 Å². The molecule has 1 rings (SSSR count). The molecule has 0 heterocycles. The minimum Gasteiger partial charge on any atom is -0.480 e. The Labute approximate surface area is 95.5 Å². The van der Waals surface area contributed by atoms with Gasteiger partial charge in [0.05, 0.1) is 12.7 Å². The standard InChI is InChI=1S/C10H8BrNO3/c1-14-10(13)6-15-9-4-8(11)3-2-7(9)5-12/h2-4H,6H2,1H3. The van der Waals surface area contributed by atoms with Crippen molar-refractivity contribution in [3.63, 3.8) is 0 Å². The lowest BCUT2D eigenvalue weighted by Gasteiger charge is -2.06. The van der Waals surface area contributed by atoms with Gasteiger partial charge in [-0.3, -0.25) is 0 Å². The van der Waals surface area contributed by atoms with E-state index < -0.39 is 5.97 Å². The smallest absolute Gasteiger partial charge is 0.343 e. The highest BCUT2D eigenvalue weighted by molar-refractivity contribution is 9.10. The third-order valence-electron chi connectivity index (χ3n) is 1.64. The van der Waals surface area contributed by atoms with Crippen LogP contribution in [0.3, 0.4) is 0 Å². The zero-order valence-corrected chi connectivity index (χ0v) is 9.58. The number of esters is 1. The Bertz CT molecular complexity index is 412. The Morgan fingerprint density at radius 2 is 2.33 bits per heavy atom. The lowest BCUT2D eigenvalue weighted by molar-refractivity contribution is -0.142. The molecular formula is C10H8BrNO3. The molecule has 1 aromatic carbocycles. The zero-order valence-electron chi connectivity index (χ0n) is 7.99. The Hall–Kier alpha value is -1.54. The third kappa shape index (κ3) is 3.26. The topological polar surface area (TPSA) is 59.3 Å². The number of carbonyl (C=O) groups excluding carboxylic acids is 1. The second-order valence-electron chi connectivity index (χ2n) is 2.62. The van der Waals surface area contributed by atoms with Gasteiger partial charge in [-0.25, -0.2) is 4.79 Å². The normalized spacial score (nSPS) is 9.13. The minimum atomic E-state index is -0.487. The highest BCUT2D eigenvalue weighted by atomic mass is 79.9. The maximum atomic E-state index is 10.8. The Balaban J connectivity index is 2.80. The van der Waals surface area contributed by atoms with Crippen LogP contribution in [0.4, 0.5) is 0 Å². The van der Waals surface area contributed by atoms with Crippen molar-refractivity contribution in [2.75, 3.05) is 13.7 Å². The van der Waals surface area contributed by atoms with Gasteiger partial charge in [-0.05, 0) is 18.2 Å². The average Bonchev–Trinajstić information content (AvgIpc) is 2.26. The lowest BCUT2D eigenvalue weighted by atomic mass is 10.2. The molecule has 0 N–H and O–H groups in total. The van der Waals surface area contributed by atoms with E-state index in [1.54, 1.807) is 18.2 Å². The molecule has 0 aromatic heterocycles. The van der Waals surface area contributed by atoms with Crippen LogP contribution in [0.15, 0.2) is 22.7 Å². The van der Waals surface area contributed by atoms with Gasteiger partial charge in [-0.15, -0.1) is 0 Å². The van der Waals surface area contributed by atoms with Gasteiger partial charge in [0.25, 0.3) is 0 Å². The number of ether oxygens (including phenoxy) is 2. The SMILES string of the molecule is COC(=O)COc1cc(Br)ccc1C#N. The fourth-order valence-corrected chi connectivity index (χ4v) is 1.24. The van der Waals surface area contributed by atoms with Gasteiger partial charge in [0.15, 0.2) is 6.61 Å². The van der Waals surface area contributed by atoms with Gasteiger partial charge in [-0.2, -0.15) is 5.26 Å². The first-order valence-corrected chi connectivity index (χ1v) is 4.86. The van der Waals surface area contributed by atoms with Crippen LogP contribution in [0.1, 0.15) is 5.56 Å². The summed E-state index contributed by atoms with van der Waals surface area (Å²) < 4.78 is 10.3. The number of nitrogens with zero attached hydrogens (tertiary/aromatic N) is 1. The van der Waals surface area contributed by atoms with Crippen molar-refractivity contribution in [3.05, 3.63) is 28.2 Å². The van der Waals surface area contributed by atoms with E-state index in [1.165, 1.54) is 7.11 Å². The van der Waals surface area contributed by atoms with Crippen LogP contribution in [0, 0.1) is 11.3 Å². The predicted octanol–water partition coefficient (Wildman–Crippen LogP) is 1.87. The summed E-state index contributed by atoms with van der Waals surface area (Å²) in [5.74, 6) is -0.129. The number of nitriles is 1. The molecule has 0 atom stereocenters. The Morgan fingerprint density at radius 1 is 1.60 bits per heavy atom. The van der Waals surface area contributed by atoms with Gasteiger partial charge in [0.1, 0.15) is 11.8 Å². The average molecular weight is 270 g/mol. The van der Waals surface area contributed by atoms with Crippen LogP contribution in [-0.4, -0.2) is 19.7 Å². The lowest BCUT2D eigenvalue weighted by Crippen LogP contribution is -2.13. The molecule has 1 aromatic rings. The van der Waals surface area contributed by atoms with E-state index in [2.05, 4.69) is 20.7 Å². The van der Waals surface area contributed by atoms with Crippen LogP contribution >= 0.6 is 15.9 Å². The fourth-order valence-electron chi connectivity index (χ4n) is 0.904. The van der Waals surface area contributed by atoms with Crippen molar-refractivity contribution in [2.24, 2.45) is 0 Å². The predicted molar refractivity (Wildman–Crippen MR) is 56.4 cm³/mol. The molecule has 78 valence electrons. The quantitative estimate of drug-likeness (QED) is 0.787. The van der Waals surface area contributed by atoms with Gasteiger partial charge < -0.3 is 9.47 Å². The molecule has 0 amide bonds. The number of methoxy groups -OCH3 is 1. The summed E-state index contributed by atoms with van der Waals surface area (Å²) in [6, 6.07) is 6.93. The van der Waals surface area contributed by atoms with Crippen molar-refractivity contribution in [1.29, 1.82) is 5.26 Å².